The Morgan fingerprint density at radius 3 is 2.47 bits per heavy atom. The van der Waals surface area contributed by atoms with Gasteiger partial charge in [0.2, 0.25) is 0 Å². The van der Waals surface area contributed by atoms with Gasteiger partial charge in [0.1, 0.15) is 5.82 Å². The Kier molecular flexibility index (Phi) is 4.49. The average molecular weight is 319 g/mol. The molecule has 2 nitrogen and oxygen atoms in total. The second kappa shape index (κ2) is 5.31. The lowest BCUT2D eigenvalue weighted by molar-refractivity contribution is 0.496. The number of anilines is 1. The maximum absolute atomic E-state index is 13.4. The predicted molar refractivity (Wildman–Crippen MR) is 77.7 cm³/mol. The van der Waals surface area contributed by atoms with Crippen LogP contribution < -0.4 is 10.6 Å². The van der Waals surface area contributed by atoms with E-state index in [1.165, 1.54) is 12.1 Å². The van der Waals surface area contributed by atoms with Gasteiger partial charge in [-0.2, -0.15) is 0 Å². The van der Waals surface area contributed by atoms with Crippen LogP contribution in [0, 0.1) is 5.82 Å². The van der Waals surface area contributed by atoms with Crippen LogP contribution in [0.4, 0.5) is 10.1 Å². The molecule has 1 rings (SSSR count). The first kappa shape index (κ1) is 14.4. The summed E-state index contributed by atoms with van der Waals surface area (Å²) < 4.78 is 14.1. The van der Waals surface area contributed by atoms with E-state index in [-0.39, 0.29) is 16.5 Å². The van der Waals surface area contributed by atoms with E-state index in [4.69, 9.17) is 18.0 Å². The fourth-order valence-corrected chi connectivity index (χ4v) is 2.41. The lowest BCUT2D eigenvalue weighted by atomic mass is 9.99. The zero-order chi connectivity index (χ0) is 13.2. The normalized spacial score (nSPS) is 11.4. The third-order valence-electron chi connectivity index (χ3n) is 2.80. The Hall–Kier alpha value is -0.680. The lowest BCUT2D eigenvalue weighted by Gasteiger charge is -2.38. The Balaban J connectivity index is 3.28. The van der Waals surface area contributed by atoms with Crippen LogP contribution in [-0.2, 0) is 0 Å². The van der Waals surface area contributed by atoms with E-state index in [9.17, 15) is 4.39 Å². The molecule has 0 amide bonds. The third kappa shape index (κ3) is 3.39. The highest BCUT2D eigenvalue weighted by atomic mass is 79.9. The standard InChI is InChI=1S/C12H16BrFN2S/c1-4-12(2,3)16(11(15)17)10-6-8(13)5-9(14)7-10/h5-7H,4H2,1-3H3,(H2,15,17). The van der Waals surface area contributed by atoms with Gasteiger partial charge < -0.3 is 10.6 Å². The number of thiocarbonyl (C=S) groups is 1. The van der Waals surface area contributed by atoms with Crippen LogP contribution >= 0.6 is 28.1 Å². The highest BCUT2D eigenvalue weighted by Gasteiger charge is 2.27. The van der Waals surface area contributed by atoms with Crippen LogP contribution in [0.2, 0.25) is 0 Å². The number of halogens is 2. The van der Waals surface area contributed by atoms with E-state index in [1.807, 2.05) is 20.8 Å². The fourth-order valence-electron chi connectivity index (χ4n) is 1.60. The highest BCUT2D eigenvalue weighted by molar-refractivity contribution is 9.10. The van der Waals surface area contributed by atoms with Gasteiger partial charge in [-0.1, -0.05) is 22.9 Å². The summed E-state index contributed by atoms with van der Waals surface area (Å²) in [6.07, 6.45) is 0.846. The molecule has 2 N–H and O–H groups in total. The minimum absolute atomic E-state index is 0.245. The summed E-state index contributed by atoms with van der Waals surface area (Å²) in [6, 6.07) is 4.64. The van der Waals surface area contributed by atoms with E-state index in [0.717, 1.165) is 6.42 Å². The van der Waals surface area contributed by atoms with Crippen molar-refractivity contribution in [1.29, 1.82) is 0 Å². The largest absolute Gasteiger partial charge is 0.376 e. The van der Waals surface area contributed by atoms with E-state index in [1.54, 1.807) is 11.0 Å². The molecule has 5 heteroatoms. The van der Waals surface area contributed by atoms with E-state index in [0.29, 0.717) is 10.2 Å². The number of hydrogen-bond acceptors (Lipinski definition) is 1. The maximum Gasteiger partial charge on any atom is 0.171 e. The van der Waals surface area contributed by atoms with Gasteiger partial charge in [-0.25, -0.2) is 4.39 Å². The van der Waals surface area contributed by atoms with Gasteiger partial charge in [-0.3, -0.25) is 0 Å². The molecule has 0 fully saturated rings. The molecule has 0 radical (unpaired) electrons. The fraction of sp³-hybridized carbons (Fsp3) is 0.417. The Morgan fingerprint density at radius 2 is 2.06 bits per heavy atom. The minimum Gasteiger partial charge on any atom is -0.376 e. The van der Waals surface area contributed by atoms with Crippen LogP contribution in [0.15, 0.2) is 22.7 Å². The molecule has 0 saturated carbocycles. The first-order chi connectivity index (χ1) is 7.77. The van der Waals surface area contributed by atoms with Gasteiger partial charge >= 0.3 is 0 Å². The summed E-state index contributed by atoms with van der Waals surface area (Å²) in [4.78, 5) is 1.77. The molecule has 0 atom stereocenters. The molecule has 1 aromatic rings. The molecule has 17 heavy (non-hydrogen) atoms. The molecule has 0 aliphatic carbocycles. The molecule has 0 saturated heterocycles. The average Bonchev–Trinajstić information content (AvgIpc) is 2.14. The monoisotopic (exact) mass is 318 g/mol. The molecule has 0 bridgehead atoms. The summed E-state index contributed by atoms with van der Waals surface area (Å²) in [5.74, 6) is -0.317. The second-order valence-electron chi connectivity index (χ2n) is 4.47. The molecule has 0 aliphatic heterocycles. The molecule has 0 spiro atoms. The van der Waals surface area contributed by atoms with Gasteiger partial charge in [-0.15, -0.1) is 0 Å². The summed E-state index contributed by atoms with van der Waals surface area (Å²) in [6.45, 7) is 6.08. The van der Waals surface area contributed by atoms with Gasteiger partial charge in [0.05, 0.1) is 0 Å². The van der Waals surface area contributed by atoms with Gasteiger partial charge in [-0.05, 0) is 50.7 Å². The van der Waals surface area contributed by atoms with Crippen molar-refractivity contribution in [3.05, 3.63) is 28.5 Å². The summed E-state index contributed by atoms with van der Waals surface area (Å²) in [5.41, 5.74) is 6.16. The van der Waals surface area contributed by atoms with Crippen molar-refractivity contribution in [2.45, 2.75) is 32.7 Å². The first-order valence-electron chi connectivity index (χ1n) is 5.33. The van der Waals surface area contributed by atoms with E-state index < -0.39 is 0 Å². The minimum atomic E-state index is -0.317. The number of benzene rings is 1. The van der Waals surface area contributed by atoms with Gasteiger partial charge in [0, 0.05) is 15.7 Å². The van der Waals surface area contributed by atoms with Crippen LogP contribution in [0.5, 0.6) is 0 Å². The molecular formula is C12H16BrFN2S. The van der Waals surface area contributed by atoms with Crippen molar-refractivity contribution in [2.24, 2.45) is 5.73 Å². The number of hydrogen-bond donors (Lipinski definition) is 1. The van der Waals surface area contributed by atoms with Crippen molar-refractivity contribution in [2.75, 3.05) is 4.90 Å². The smallest absolute Gasteiger partial charge is 0.171 e. The van der Waals surface area contributed by atoms with E-state index in [2.05, 4.69) is 15.9 Å². The first-order valence-corrected chi connectivity index (χ1v) is 6.54. The van der Waals surface area contributed by atoms with Crippen LogP contribution in [0.25, 0.3) is 0 Å². The third-order valence-corrected chi connectivity index (χ3v) is 3.44. The Labute approximate surface area is 115 Å². The lowest BCUT2D eigenvalue weighted by Crippen LogP contribution is -2.50. The molecule has 94 valence electrons. The van der Waals surface area contributed by atoms with Crippen molar-refractivity contribution in [1.82, 2.24) is 0 Å². The Bertz CT molecular complexity index is 414. The molecule has 0 aromatic heterocycles. The highest BCUT2D eigenvalue weighted by Crippen LogP contribution is 2.29. The van der Waals surface area contributed by atoms with Crippen LogP contribution in [0.3, 0.4) is 0 Å². The maximum atomic E-state index is 13.4. The molecule has 0 unspecified atom stereocenters. The number of nitrogens with two attached hydrogens (primary N) is 1. The molecule has 1 aromatic carbocycles. The van der Waals surface area contributed by atoms with Crippen molar-refractivity contribution >= 4 is 38.9 Å². The summed E-state index contributed by atoms with van der Waals surface area (Å²) in [7, 11) is 0. The molecule has 0 aliphatic rings. The summed E-state index contributed by atoms with van der Waals surface area (Å²) >= 11 is 8.33. The van der Waals surface area contributed by atoms with Gasteiger partial charge in [0.25, 0.3) is 0 Å². The second-order valence-corrected chi connectivity index (χ2v) is 5.80. The molecular weight excluding hydrogens is 303 g/mol. The van der Waals surface area contributed by atoms with Crippen LogP contribution in [-0.4, -0.2) is 10.7 Å². The summed E-state index contributed by atoms with van der Waals surface area (Å²) in [5, 5.41) is 0.245. The van der Waals surface area contributed by atoms with E-state index >= 15 is 0 Å². The zero-order valence-electron chi connectivity index (χ0n) is 10.1. The SMILES string of the molecule is CCC(C)(C)N(C(N)=S)c1cc(F)cc(Br)c1. The van der Waals surface area contributed by atoms with Crippen molar-refractivity contribution in [3.8, 4) is 0 Å². The van der Waals surface area contributed by atoms with Crippen LogP contribution in [0.1, 0.15) is 27.2 Å². The number of nitrogens with zero attached hydrogens (tertiary/aromatic N) is 1. The van der Waals surface area contributed by atoms with Crippen molar-refractivity contribution in [3.63, 3.8) is 0 Å². The number of rotatable bonds is 3. The quantitative estimate of drug-likeness (QED) is 0.859. The molecule has 0 heterocycles. The topological polar surface area (TPSA) is 29.3 Å². The van der Waals surface area contributed by atoms with Gasteiger partial charge in [0.15, 0.2) is 5.11 Å². The van der Waals surface area contributed by atoms with Crippen molar-refractivity contribution < 1.29 is 4.39 Å². The Morgan fingerprint density at radius 1 is 1.47 bits per heavy atom. The zero-order valence-corrected chi connectivity index (χ0v) is 12.5. The predicted octanol–water partition coefficient (Wildman–Crippen LogP) is 3.83.